The van der Waals surface area contributed by atoms with Crippen LogP contribution < -0.4 is 0 Å². The normalized spacial score (nSPS) is 19.1. The van der Waals surface area contributed by atoms with Gasteiger partial charge in [-0.05, 0) is 39.8 Å². The predicted octanol–water partition coefficient (Wildman–Crippen LogP) is 1.19. The minimum Gasteiger partial charge on any atom is -0.396 e. The van der Waals surface area contributed by atoms with Crippen LogP contribution in [-0.4, -0.2) is 45.9 Å². The predicted molar refractivity (Wildman–Crippen MR) is 63.8 cm³/mol. The molecule has 1 aromatic heterocycles. The number of aliphatic hydroxyl groups is 1. The highest BCUT2D eigenvalue weighted by Crippen LogP contribution is 2.27. The molecule has 1 saturated heterocycles. The maximum Gasteiger partial charge on any atom is 0.229 e. The van der Waals surface area contributed by atoms with Crippen LogP contribution in [0.4, 0.5) is 0 Å². The van der Waals surface area contributed by atoms with Gasteiger partial charge in [0.15, 0.2) is 5.82 Å². The van der Waals surface area contributed by atoms with E-state index in [2.05, 4.69) is 28.9 Å². The Balaban J connectivity index is 1.91. The van der Waals surface area contributed by atoms with Crippen molar-refractivity contribution in [3.05, 3.63) is 11.7 Å². The summed E-state index contributed by atoms with van der Waals surface area (Å²) in [4.78, 5) is 6.81. The number of rotatable bonds is 4. The summed E-state index contributed by atoms with van der Waals surface area (Å²) in [6.45, 7) is 6.73. The van der Waals surface area contributed by atoms with E-state index in [-0.39, 0.29) is 6.61 Å². The van der Waals surface area contributed by atoms with E-state index in [4.69, 9.17) is 9.63 Å². The third-order valence-corrected chi connectivity index (χ3v) is 3.43. The summed E-state index contributed by atoms with van der Waals surface area (Å²) in [7, 11) is 0. The van der Waals surface area contributed by atoms with E-state index in [0.29, 0.717) is 24.2 Å². The number of piperidine rings is 1. The zero-order chi connectivity index (χ0) is 12.3. The topological polar surface area (TPSA) is 62.4 Å². The summed E-state index contributed by atoms with van der Waals surface area (Å²) in [6.07, 6.45) is 2.65. The van der Waals surface area contributed by atoms with Gasteiger partial charge in [-0.3, -0.25) is 0 Å². The van der Waals surface area contributed by atoms with Gasteiger partial charge in [0.2, 0.25) is 5.89 Å². The van der Waals surface area contributed by atoms with Gasteiger partial charge in [0, 0.05) is 18.4 Å². The lowest BCUT2D eigenvalue weighted by Crippen LogP contribution is -2.37. The lowest BCUT2D eigenvalue weighted by atomic mass is 9.96. The van der Waals surface area contributed by atoms with Crippen LogP contribution in [0.25, 0.3) is 0 Å². The summed E-state index contributed by atoms with van der Waals surface area (Å²) in [5.74, 6) is 1.76. The van der Waals surface area contributed by atoms with E-state index in [1.807, 2.05) is 0 Å². The van der Waals surface area contributed by atoms with Crippen LogP contribution in [0, 0.1) is 0 Å². The Morgan fingerprint density at radius 1 is 1.41 bits per heavy atom. The van der Waals surface area contributed by atoms with Crippen molar-refractivity contribution in [3.63, 3.8) is 0 Å². The smallest absolute Gasteiger partial charge is 0.229 e. The number of nitrogens with zero attached hydrogens (tertiary/aromatic N) is 3. The second-order valence-corrected chi connectivity index (χ2v) is 4.93. The van der Waals surface area contributed by atoms with Crippen LogP contribution in [0.3, 0.4) is 0 Å². The Morgan fingerprint density at radius 3 is 2.71 bits per heavy atom. The van der Waals surface area contributed by atoms with Gasteiger partial charge in [0.1, 0.15) is 0 Å². The van der Waals surface area contributed by atoms with Crippen molar-refractivity contribution in [1.29, 1.82) is 0 Å². The summed E-state index contributed by atoms with van der Waals surface area (Å²) < 4.78 is 5.26. The van der Waals surface area contributed by atoms with E-state index in [9.17, 15) is 0 Å². The molecule has 0 radical (unpaired) electrons. The minimum absolute atomic E-state index is 0.0742. The third kappa shape index (κ3) is 3.04. The lowest BCUT2D eigenvalue weighted by molar-refractivity contribution is 0.160. The van der Waals surface area contributed by atoms with Crippen molar-refractivity contribution >= 4 is 0 Å². The van der Waals surface area contributed by atoms with E-state index in [1.165, 1.54) is 0 Å². The summed E-state index contributed by atoms with van der Waals surface area (Å²) in [5, 5.41) is 12.7. The molecule has 0 atom stereocenters. The first kappa shape index (κ1) is 12.5. The van der Waals surface area contributed by atoms with Crippen molar-refractivity contribution in [3.8, 4) is 0 Å². The molecular weight excluding hydrogens is 218 g/mol. The molecule has 1 aromatic rings. The molecule has 0 aromatic carbocycles. The number of hydrogen-bond acceptors (Lipinski definition) is 5. The summed E-state index contributed by atoms with van der Waals surface area (Å²) in [6, 6.07) is 0.614. The van der Waals surface area contributed by atoms with Gasteiger partial charge in [-0.2, -0.15) is 4.98 Å². The Labute approximate surface area is 102 Å². The molecule has 1 aliphatic rings. The van der Waals surface area contributed by atoms with Gasteiger partial charge in [0.25, 0.3) is 0 Å². The molecule has 1 aliphatic heterocycles. The van der Waals surface area contributed by atoms with Crippen molar-refractivity contribution in [2.75, 3.05) is 19.7 Å². The van der Waals surface area contributed by atoms with Crippen LogP contribution in [-0.2, 0) is 6.42 Å². The molecule has 0 aliphatic carbocycles. The Kier molecular flexibility index (Phi) is 4.12. The van der Waals surface area contributed by atoms with Crippen LogP contribution in [0.15, 0.2) is 4.52 Å². The van der Waals surface area contributed by atoms with Gasteiger partial charge in [-0.25, -0.2) is 0 Å². The Morgan fingerprint density at radius 2 is 2.12 bits per heavy atom. The molecule has 0 amide bonds. The fraction of sp³-hybridized carbons (Fsp3) is 0.833. The second-order valence-electron chi connectivity index (χ2n) is 4.93. The monoisotopic (exact) mass is 239 g/mol. The van der Waals surface area contributed by atoms with Gasteiger partial charge in [-0.1, -0.05) is 5.16 Å². The third-order valence-electron chi connectivity index (χ3n) is 3.43. The minimum atomic E-state index is 0.0742. The molecule has 0 bridgehead atoms. The molecule has 0 spiro atoms. The maximum absolute atomic E-state index is 8.81. The number of hydrogen-bond donors (Lipinski definition) is 1. The van der Waals surface area contributed by atoms with Crippen molar-refractivity contribution in [2.45, 2.75) is 45.1 Å². The first-order valence-electron chi connectivity index (χ1n) is 6.38. The molecule has 0 saturated carbocycles. The molecule has 17 heavy (non-hydrogen) atoms. The molecule has 1 fully saturated rings. The zero-order valence-corrected chi connectivity index (χ0v) is 10.6. The summed E-state index contributed by atoms with van der Waals surface area (Å²) >= 11 is 0. The Hall–Kier alpha value is -0.940. The summed E-state index contributed by atoms with van der Waals surface area (Å²) in [5.41, 5.74) is 0. The molecule has 5 heteroatoms. The SMILES string of the molecule is CC(C)N1CCC(c2nc(CCO)no2)CC1. The van der Waals surface area contributed by atoms with Crippen LogP contribution in [0.2, 0.25) is 0 Å². The quantitative estimate of drug-likeness (QED) is 0.855. The fourth-order valence-electron chi connectivity index (χ4n) is 2.30. The average Bonchev–Trinajstić information content (AvgIpc) is 2.78. The van der Waals surface area contributed by atoms with E-state index < -0.39 is 0 Å². The van der Waals surface area contributed by atoms with Crippen LogP contribution in [0.1, 0.15) is 44.3 Å². The Bertz CT molecular complexity index is 343. The molecule has 5 nitrogen and oxygen atoms in total. The highest BCUT2D eigenvalue weighted by atomic mass is 16.5. The maximum atomic E-state index is 8.81. The number of aromatic nitrogens is 2. The molecule has 1 N–H and O–H groups in total. The van der Waals surface area contributed by atoms with E-state index >= 15 is 0 Å². The van der Waals surface area contributed by atoms with Gasteiger partial charge in [0.05, 0.1) is 6.61 Å². The van der Waals surface area contributed by atoms with Crippen molar-refractivity contribution < 1.29 is 9.63 Å². The largest absolute Gasteiger partial charge is 0.396 e. The number of aliphatic hydroxyl groups excluding tert-OH is 1. The van der Waals surface area contributed by atoms with Crippen molar-refractivity contribution in [1.82, 2.24) is 15.0 Å². The van der Waals surface area contributed by atoms with E-state index in [0.717, 1.165) is 31.8 Å². The molecule has 2 heterocycles. The average molecular weight is 239 g/mol. The zero-order valence-electron chi connectivity index (χ0n) is 10.6. The van der Waals surface area contributed by atoms with Gasteiger partial charge < -0.3 is 14.5 Å². The highest BCUT2D eigenvalue weighted by molar-refractivity contribution is 4.97. The highest BCUT2D eigenvalue weighted by Gasteiger charge is 2.25. The first-order chi connectivity index (χ1) is 8.20. The van der Waals surface area contributed by atoms with Gasteiger partial charge >= 0.3 is 0 Å². The van der Waals surface area contributed by atoms with E-state index in [1.54, 1.807) is 0 Å². The number of likely N-dealkylation sites (tertiary alicyclic amines) is 1. The molecule has 0 unspecified atom stereocenters. The fourth-order valence-corrected chi connectivity index (χ4v) is 2.30. The van der Waals surface area contributed by atoms with Crippen LogP contribution in [0.5, 0.6) is 0 Å². The van der Waals surface area contributed by atoms with Crippen LogP contribution >= 0.6 is 0 Å². The molecule has 96 valence electrons. The van der Waals surface area contributed by atoms with Gasteiger partial charge in [-0.15, -0.1) is 0 Å². The van der Waals surface area contributed by atoms with Crippen molar-refractivity contribution in [2.24, 2.45) is 0 Å². The molecular formula is C12H21N3O2. The first-order valence-corrected chi connectivity index (χ1v) is 6.38. The molecule has 2 rings (SSSR count). The lowest BCUT2D eigenvalue weighted by Gasteiger charge is -2.33. The second kappa shape index (κ2) is 5.60. The standard InChI is InChI=1S/C12H21N3O2/c1-9(2)15-6-3-10(4-7-15)12-13-11(5-8-16)14-17-12/h9-10,16H,3-8H2,1-2H3.